The zero-order valence-electron chi connectivity index (χ0n) is 12.5. The molecule has 0 bridgehead atoms. The molecule has 0 aliphatic heterocycles. The first-order chi connectivity index (χ1) is 11.2. The van der Waals surface area contributed by atoms with E-state index in [2.05, 4.69) is 20.7 Å². The second kappa shape index (κ2) is 5.20. The Bertz CT molecular complexity index is 1060. The van der Waals surface area contributed by atoms with Gasteiger partial charge in [0, 0.05) is 0 Å². The minimum absolute atomic E-state index is 0.127. The molecule has 114 valence electrons. The molecule has 7 nitrogen and oxygen atoms in total. The van der Waals surface area contributed by atoms with Gasteiger partial charge >= 0.3 is 0 Å². The average molecular weight is 306 g/mol. The molecule has 0 atom stereocenters. The Morgan fingerprint density at radius 2 is 1.78 bits per heavy atom. The van der Waals surface area contributed by atoms with Gasteiger partial charge in [-0.1, -0.05) is 29.5 Å². The molecule has 0 unspecified atom stereocenters. The Balaban J connectivity index is 1.72. The number of nitrogens with one attached hydrogen (secondary N) is 1. The summed E-state index contributed by atoms with van der Waals surface area (Å²) in [6, 6.07) is 15.0. The Hall–Kier alpha value is -3.22. The van der Waals surface area contributed by atoms with Crippen molar-refractivity contribution in [2.24, 2.45) is 0 Å². The minimum atomic E-state index is -0.127. The van der Waals surface area contributed by atoms with E-state index < -0.39 is 0 Å². The number of fused-ring (bicyclic) bond motifs is 2. The van der Waals surface area contributed by atoms with Crippen LogP contribution in [0.25, 0.3) is 21.9 Å². The average Bonchev–Trinajstić information content (AvgIpc) is 2.98. The molecule has 0 aliphatic carbocycles. The first kappa shape index (κ1) is 13.4. The Morgan fingerprint density at radius 1 is 1.04 bits per heavy atom. The molecule has 23 heavy (non-hydrogen) atoms. The summed E-state index contributed by atoms with van der Waals surface area (Å²) >= 11 is 0. The molecule has 0 fully saturated rings. The first-order valence-electron chi connectivity index (χ1n) is 7.24. The van der Waals surface area contributed by atoms with Crippen LogP contribution in [0.5, 0.6) is 0 Å². The third-order valence-corrected chi connectivity index (χ3v) is 3.74. The van der Waals surface area contributed by atoms with Crippen LogP contribution in [0.2, 0.25) is 0 Å². The summed E-state index contributed by atoms with van der Waals surface area (Å²) in [6.07, 6.45) is 0. The molecule has 0 aliphatic rings. The lowest BCUT2D eigenvalue weighted by molar-refractivity contribution is 0.590. The number of aromatic nitrogens is 5. The molecule has 0 amide bonds. The summed E-state index contributed by atoms with van der Waals surface area (Å²) in [7, 11) is 0. The summed E-state index contributed by atoms with van der Waals surface area (Å²) in [4.78, 5) is 17.0. The van der Waals surface area contributed by atoms with E-state index in [0.717, 1.165) is 11.0 Å². The Kier molecular flexibility index (Phi) is 3.04. The highest BCUT2D eigenvalue weighted by molar-refractivity contribution is 5.77. The largest absolute Gasteiger partial charge is 0.300 e. The smallest absolute Gasteiger partial charge is 0.280 e. The van der Waals surface area contributed by atoms with Crippen LogP contribution >= 0.6 is 0 Å². The molecule has 2 aromatic carbocycles. The molecule has 4 aromatic rings. The lowest BCUT2D eigenvalue weighted by atomic mass is 10.2. The van der Waals surface area contributed by atoms with Crippen LogP contribution in [0, 0.1) is 6.92 Å². The minimum Gasteiger partial charge on any atom is -0.300 e. The van der Waals surface area contributed by atoms with E-state index in [1.807, 2.05) is 42.5 Å². The van der Waals surface area contributed by atoms with Gasteiger partial charge in [0.25, 0.3) is 5.56 Å². The normalized spacial score (nSPS) is 11.2. The number of aryl methyl sites for hydroxylation is 1. The molecule has 4 rings (SSSR count). The van der Waals surface area contributed by atoms with Crippen molar-refractivity contribution in [3.05, 3.63) is 64.7 Å². The number of benzene rings is 2. The highest BCUT2D eigenvalue weighted by Gasteiger charge is 2.08. The van der Waals surface area contributed by atoms with Crippen LogP contribution in [0.4, 0.5) is 0 Å². The predicted molar refractivity (Wildman–Crippen MR) is 87.6 cm³/mol. The molecule has 2 aromatic heterocycles. The van der Waals surface area contributed by atoms with E-state index >= 15 is 0 Å². The van der Waals surface area contributed by atoms with Crippen molar-refractivity contribution in [3.63, 3.8) is 0 Å². The van der Waals surface area contributed by atoms with Gasteiger partial charge in [0.15, 0.2) is 0 Å². The molecule has 7 heteroatoms. The van der Waals surface area contributed by atoms with Crippen LogP contribution in [0.3, 0.4) is 0 Å². The van der Waals surface area contributed by atoms with Crippen LogP contribution in [0.15, 0.2) is 53.3 Å². The highest BCUT2D eigenvalue weighted by Crippen LogP contribution is 2.09. The van der Waals surface area contributed by atoms with Gasteiger partial charge in [0.2, 0.25) is 0 Å². The number of nitrogens with zero attached hydrogens (tertiary/aromatic N) is 5. The second-order valence-electron chi connectivity index (χ2n) is 5.21. The van der Waals surface area contributed by atoms with Crippen molar-refractivity contribution in [2.75, 3.05) is 5.43 Å². The van der Waals surface area contributed by atoms with E-state index in [4.69, 9.17) is 0 Å². The van der Waals surface area contributed by atoms with Crippen LogP contribution in [-0.4, -0.2) is 24.7 Å². The van der Waals surface area contributed by atoms with Crippen molar-refractivity contribution in [1.82, 2.24) is 24.7 Å². The molecular formula is C16H14N6O. The Morgan fingerprint density at radius 3 is 2.65 bits per heavy atom. The van der Waals surface area contributed by atoms with Gasteiger partial charge in [-0.25, -0.2) is 14.3 Å². The van der Waals surface area contributed by atoms with Gasteiger partial charge in [0.05, 0.1) is 16.4 Å². The molecule has 0 spiro atoms. The first-order valence-corrected chi connectivity index (χ1v) is 7.24. The Labute approximate surface area is 131 Å². The fraction of sp³-hybridized carbons (Fsp3) is 0.125. The van der Waals surface area contributed by atoms with Crippen LogP contribution in [-0.2, 0) is 6.67 Å². The molecule has 2 heterocycles. The predicted octanol–water partition coefficient (Wildman–Crippen LogP) is 1.65. The molecule has 1 N–H and O–H groups in total. The van der Waals surface area contributed by atoms with E-state index in [1.54, 1.807) is 17.7 Å². The third kappa shape index (κ3) is 2.22. The molecule has 0 saturated heterocycles. The maximum Gasteiger partial charge on any atom is 0.280 e. The van der Waals surface area contributed by atoms with Gasteiger partial charge in [-0.2, -0.15) is 0 Å². The van der Waals surface area contributed by atoms with E-state index in [9.17, 15) is 4.79 Å². The number of rotatable bonds is 3. The van der Waals surface area contributed by atoms with Gasteiger partial charge < -0.3 is 0 Å². The summed E-state index contributed by atoms with van der Waals surface area (Å²) in [5, 5.41) is 8.77. The van der Waals surface area contributed by atoms with E-state index in [-0.39, 0.29) is 5.56 Å². The highest BCUT2D eigenvalue weighted by atomic mass is 16.1. The van der Waals surface area contributed by atoms with Gasteiger partial charge in [0.1, 0.15) is 18.0 Å². The van der Waals surface area contributed by atoms with Crippen molar-refractivity contribution in [2.45, 2.75) is 13.6 Å². The summed E-state index contributed by atoms with van der Waals surface area (Å²) < 4.78 is 3.15. The fourth-order valence-electron chi connectivity index (χ4n) is 2.60. The van der Waals surface area contributed by atoms with E-state index in [1.165, 1.54) is 4.68 Å². The fourth-order valence-corrected chi connectivity index (χ4v) is 2.60. The molecule has 0 saturated carbocycles. The van der Waals surface area contributed by atoms with Gasteiger partial charge in [-0.15, -0.1) is 5.10 Å². The number of hydrogen-bond donors (Lipinski definition) is 1. The zero-order chi connectivity index (χ0) is 15.8. The monoisotopic (exact) mass is 306 g/mol. The number of para-hydroxylation sites is 2. The summed E-state index contributed by atoms with van der Waals surface area (Å²) in [5.41, 5.74) is 5.35. The lowest BCUT2D eigenvalue weighted by Crippen LogP contribution is -2.33. The van der Waals surface area contributed by atoms with Crippen molar-refractivity contribution in [3.8, 4) is 0 Å². The van der Waals surface area contributed by atoms with Gasteiger partial charge in [-0.05, 0) is 31.2 Å². The van der Waals surface area contributed by atoms with E-state index in [0.29, 0.717) is 23.4 Å². The maximum atomic E-state index is 12.6. The third-order valence-electron chi connectivity index (χ3n) is 3.74. The van der Waals surface area contributed by atoms with Crippen LogP contribution in [0.1, 0.15) is 5.82 Å². The van der Waals surface area contributed by atoms with Gasteiger partial charge in [-0.3, -0.25) is 10.2 Å². The summed E-state index contributed by atoms with van der Waals surface area (Å²) in [6.45, 7) is 2.11. The topological polar surface area (TPSA) is 77.6 Å². The second-order valence-corrected chi connectivity index (χ2v) is 5.21. The van der Waals surface area contributed by atoms with Crippen molar-refractivity contribution in [1.29, 1.82) is 0 Å². The summed E-state index contributed by atoms with van der Waals surface area (Å²) in [5.74, 6) is 0.595. The lowest BCUT2D eigenvalue weighted by Gasteiger charge is -2.13. The quantitative estimate of drug-likeness (QED) is 0.623. The van der Waals surface area contributed by atoms with Crippen molar-refractivity contribution < 1.29 is 0 Å². The zero-order valence-corrected chi connectivity index (χ0v) is 12.5. The SMILES string of the molecule is Cc1nc2ccccc2c(=O)n1NCn1nnc2ccccc21. The number of hydrogen-bond acceptors (Lipinski definition) is 5. The molecule has 0 radical (unpaired) electrons. The standard InChI is InChI=1S/C16H14N6O/c1-11-18-13-7-3-2-6-12(13)16(23)22(11)17-10-21-15-9-5-4-8-14(15)19-20-21/h2-9,17H,10H2,1H3. The maximum absolute atomic E-state index is 12.6. The molecular weight excluding hydrogens is 292 g/mol. The van der Waals surface area contributed by atoms with Crippen molar-refractivity contribution >= 4 is 21.9 Å². The van der Waals surface area contributed by atoms with Crippen LogP contribution < -0.4 is 11.0 Å².